The van der Waals surface area contributed by atoms with E-state index in [1.54, 1.807) is 0 Å². The minimum atomic E-state index is -4.76. The van der Waals surface area contributed by atoms with Crippen LogP contribution in [0.3, 0.4) is 0 Å². The van der Waals surface area contributed by atoms with Crippen LogP contribution in [0.15, 0.2) is 12.2 Å². The number of unbranched alkanes of at least 4 members (excludes halogenated alkanes) is 3. The molecular weight excluding hydrogens is 455 g/mol. The third-order valence-corrected chi connectivity index (χ3v) is 6.20. The maximum absolute atomic E-state index is 11.8. The number of amides is 4. The summed E-state index contributed by atoms with van der Waals surface area (Å²) < 4.78 is 31.1. The zero-order chi connectivity index (χ0) is 23.2. The number of nitrogens with zero attached hydrogens (tertiary/aromatic N) is 2. The summed E-state index contributed by atoms with van der Waals surface area (Å²) >= 11 is 0. The number of hydrogen-bond acceptors (Lipinski definition) is 8. The Balaban J connectivity index is 0.00000512. The summed E-state index contributed by atoms with van der Waals surface area (Å²) in [7, 11) is -4.76. The molecule has 2 rings (SSSR count). The van der Waals surface area contributed by atoms with Crippen molar-refractivity contribution in [3.63, 3.8) is 0 Å². The van der Waals surface area contributed by atoms with Gasteiger partial charge >= 0.3 is 35.5 Å². The van der Waals surface area contributed by atoms with Crippen LogP contribution in [0, 0.1) is 0 Å². The second kappa shape index (κ2) is 12.6. The molecule has 0 aliphatic carbocycles. The standard InChI is InChI=1S/C19H26N2O9S.Na.H/c1-2-7-13(20-15(22)10-11-16(20)23)8-5-3-4-6-9-18(25)30-21-17(24)12-14(19(21)26)31(27,28)29;;/h10-11,13-14H,2-9,12H2,1H3,(H,27,28,29);;. The van der Waals surface area contributed by atoms with Gasteiger partial charge in [0.15, 0.2) is 5.25 Å². The van der Waals surface area contributed by atoms with E-state index in [2.05, 4.69) is 4.84 Å². The molecule has 0 aromatic rings. The molecule has 32 heavy (non-hydrogen) atoms. The summed E-state index contributed by atoms with van der Waals surface area (Å²) in [5.41, 5.74) is 0. The van der Waals surface area contributed by atoms with Gasteiger partial charge in [0.05, 0.1) is 6.42 Å². The van der Waals surface area contributed by atoms with E-state index < -0.39 is 39.6 Å². The van der Waals surface area contributed by atoms with Gasteiger partial charge in [-0.1, -0.05) is 32.6 Å². The molecule has 13 heteroatoms. The summed E-state index contributed by atoms with van der Waals surface area (Å²) in [5, 5.41) is -1.86. The van der Waals surface area contributed by atoms with Crippen molar-refractivity contribution in [1.82, 2.24) is 9.96 Å². The molecule has 1 fully saturated rings. The van der Waals surface area contributed by atoms with Crippen LogP contribution in [-0.4, -0.2) is 93.4 Å². The third kappa shape index (κ3) is 7.48. The van der Waals surface area contributed by atoms with E-state index in [0.29, 0.717) is 25.7 Å². The van der Waals surface area contributed by atoms with E-state index >= 15 is 0 Å². The average molecular weight is 482 g/mol. The van der Waals surface area contributed by atoms with Gasteiger partial charge in [-0.25, -0.2) is 4.79 Å². The van der Waals surface area contributed by atoms with Crippen molar-refractivity contribution >= 4 is 69.3 Å². The van der Waals surface area contributed by atoms with Crippen molar-refractivity contribution in [2.24, 2.45) is 0 Å². The van der Waals surface area contributed by atoms with Gasteiger partial charge in [0.2, 0.25) is 0 Å². The number of hydroxylamine groups is 2. The molecule has 0 aromatic carbocycles. The Morgan fingerprint density at radius 3 is 2.22 bits per heavy atom. The van der Waals surface area contributed by atoms with E-state index in [-0.39, 0.29) is 58.9 Å². The van der Waals surface area contributed by atoms with Crippen LogP contribution >= 0.6 is 0 Å². The predicted molar refractivity (Wildman–Crippen MR) is 112 cm³/mol. The second-order valence-electron chi connectivity index (χ2n) is 7.47. The van der Waals surface area contributed by atoms with Crippen LogP contribution < -0.4 is 0 Å². The van der Waals surface area contributed by atoms with E-state index in [1.807, 2.05) is 6.92 Å². The molecule has 174 valence electrons. The van der Waals surface area contributed by atoms with Crippen molar-refractivity contribution in [1.29, 1.82) is 0 Å². The molecule has 0 radical (unpaired) electrons. The minimum absolute atomic E-state index is 0. The third-order valence-electron chi connectivity index (χ3n) is 5.11. The van der Waals surface area contributed by atoms with Gasteiger partial charge in [-0.15, -0.1) is 5.06 Å². The number of carbonyl (C=O) groups excluding carboxylic acids is 5. The number of imide groups is 2. The first kappa shape index (κ1) is 28.4. The van der Waals surface area contributed by atoms with E-state index in [4.69, 9.17) is 4.55 Å². The van der Waals surface area contributed by atoms with Crippen LogP contribution in [-0.2, 0) is 38.9 Å². The van der Waals surface area contributed by atoms with Crippen molar-refractivity contribution in [2.75, 3.05) is 0 Å². The molecular formula is C19H27N2NaO9S. The summed E-state index contributed by atoms with van der Waals surface area (Å²) in [6.45, 7) is 1.98. The topological polar surface area (TPSA) is 155 Å². The van der Waals surface area contributed by atoms with Gasteiger partial charge in [-0.3, -0.25) is 28.6 Å². The zero-order valence-corrected chi connectivity index (χ0v) is 18.0. The fourth-order valence-corrected chi connectivity index (χ4v) is 4.27. The molecule has 0 saturated carbocycles. The van der Waals surface area contributed by atoms with Crippen LogP contribution in [0.2, 0.25) is 0 Å². The predicted octanol–water partition coefficient (Wildman–Crippen LogP) is 0.246. The number of rotatable bonds is 12. The van der Waals surface area contributed by atoms with Gasteiger partial charge in [-0.2, -0.15) is 8.42 Å². The molecule has 0 bridgehead atoms. The first-order valence-corrected chi connectivity index (χ1v) is 11.7. The first-order valence-electron chi connectivity index (χ1n) is 10.1. The molecule has 2 heterocycles. The van der Waals surface area contributed by atoms with Crippen LogP contribution in [0.4, 0.5) is 0 Å². The molecule has 2 unspecified atom stereocenters. The van der Waals surface area contributed by atoms with Crippen LogP contribution in [0.25, 0.3) is 0 Å². The van der Waals surface area contributed by atoms with E-state index in [1.165, 1.54) is 17.1 Å². The molecule has 2 aliphatic rings. The summed E-state index contributed by atoms with van der Waals surface area (Å²) in [5.74, 6) is -3.76. The Morgan fingerprint density at radius 1 is 1.09 bits per heavy atom. The van der Waals surface area contributed by atoms with Crippen molar-refractivity contribution < 1.29 is 41.8 Å². The van der Waals surface area contributed by atoms with E-state index in [0.717, 1.165) is 19.3 Å². The van der Waals surface area contributed by atoms with Crippen molar-refractivity contribution in [2.45, 2.75) is 76.0 Å². The Labute approximate surface area is 208 Å². The van der Waals surface area contributed by atoms with Crippen LogP contribution in [0.5, 0.6) is 0 Å². The van der Waals surface area contributed by atoms with Crippen LogP contribution in [0.1, 0.15) is 64.7 Å². The molecule has 11 nitrogen and oxygen atoms in total. The van der Waals surface area contributed by atoms with Gasteiger partial charge in [-0.05, 0) is 19.3 Å². The SMILES string of the molecule is CCCC(CCCCCCC(=O)ON1C(=O)CC(S(=O)(=O)O)C1=O)N1C(=O)C=CC1=O.[NaH]. The first-order chi connectivity index (χ1) is 14.6. The van der Waals surface area contributed by atoms with Gasteiger partial charge in [0.1, 0.15) is 0 Å². The fraction of sp³-hybridized carbons (Fsp3) is 0.632. The Morgan fingerprint density at radius 2 is 1.69 bits per heavy atom. The molecule has 0 aromatic heterocycles. The number of carbonyl (C=O) groups is 5. The van der Waals surface area contributed by atoms with Gasteiger partial charge in [0, 0.05) is 24.6 Å². The Hall–Kier alpha value is -1.60. The molecule has 2 atom stereocenters. The molecule has 1 saturated heterocycles. The molecule has 1 N–H and O–H groups in total. The summed E-state index contributed by atoms with van der Waals surface area (Å²) in [6.07, 6.45) is 6.43. The normalized spacial score (nSPS) is 19.5. The molecule has 2 aliphatic heterocycles. The Kier molecular flexibility index (Phi) is 11.2. The number of hydrogen-bond donors (Lipinski definition) is 1. The van der Waals surface area contributed by atoms with Gasteiger partial charge < -0.3 is 4.84 Å². The zero-order valence-electron chi connectivity index (χ0n) is 17.2. The molecule has 0 spiro atoms. The van der Waals surface area contributed by atoms with Crippen molar-refractivity contribution in [3.05, 3.63) is 12.2 Å². The van der Waals surface area contributed by atoms with Crippen molar-refractivity contribution in [3.8, 4) is 0 Å². The second-order valence-corrected chi connectivity index (χ2v) is 9.07. The average Bonchev–Trinajstić information content (AvgIpc) is 3.16. The summed E-state index contributed by atoms with van der Waals surface area (Å²) in [6, 6.07) is -0.159. The quantitative estimate of drug-likeness (QED) is 0.178. The van der Waals surface area contributed by atoms with E-state index in [9.17, 15) is 32.4 Å². The van der Waals surface area contributed by atoms with Gasteiger partial charge in [0.25, 0.3) is 33.7 Å². The summed E-state index contributed by atoms with van der Waals surface area (Å²) in [4.78, 5) is 65.0. The maximum atomic E-state index is 11.8. The fourth-order valence-electron chi connectivity index (χ4n) is 3.57. The Bertz CT molecular complexity index is 869. The monoisotopic (exact) mass is 482 g/mol. The molecule has 4 amide bonds.